The fraction of sp³-hybridized carbons (Fsp3) is 0.0909. The zero-order valence-corrected chi connectivity index (χ0v) is 16.6. The second-order valence-electron chi connectivity index (χ2n) is 5.85. The summed E-state index contributed by atoms with van der Waals surface area (Å²) >= 11 is 3.45. The first-order valence-corrected chi connectivity index (χ1v) is 9.46. The molecule has 3 aromatic rings. The molecule has 0 atom stereocenters. The third kappa shape index (κ3) is 6.25. The van der Waals surface area contributed by atoms with Crippen molar-refractivity contribution in [1.82, 2.24) is 5.43 Å². The number of halogens is 1. The van der Waals surface area contributed by atoms with Crippen LogP contribution in [-0.2, 0) is 11.4 Å². The van der Waals surface area contributed by atoms with Crippen LogP contribution in [-0.4, -0.2) is 18.7 Å². The lowest BCUT2D eigenvalue weighted by Gasteiger charge is -2.09. The van der Waals surface area contributed by atoms with E-state index in [0.717, 1.165) is 15.6 Å². The summed E-state index contributed by atoms with van der Waals surface area (Å²) in [6.45, 7) is 0.323. The third-order valence-electron chi connectivity index (χ3n) is 3.71. The molecule has 0 spiro atoms. The van der Waals surface area contributed by atoms with Crippen molar-refractivity contribution in [2.45, 2.75) is 6.61 Å². The lowest BCUT2D eigenvalue weighted by molar-refractivity contribution is -0.123. The standard InChI is InChI=1S/C22H19BrN2O3/c23-19-9-6-7-17(13-19)15-28-21-12-5-4-8-18(21)14-24-25-22(26)16-27-20-10-2-1-3-11-20/h1-14H,15-16H2,(H,25,26)/b24-14+. The van der Waals surface area contributed by atoms with Crippen LogP contribution in [0.15, 0.2) is 88.4 Å². The lowest BCUT2D eigenvalue weighted by atomic mass is 10.2. The summed E-state index contributed by atoms with van der Waals surface area (Å²) in [5.74, 6) is 0.974. The Bertz CT molecular complexity index is 945. The SMILES string of the molecule is O=C(COc1ccccc1)N/N=C/c1ccccc1OCc1cccc(Br)c1. The van der Waals surface area contributed by atoms with Crippen molar-refractivity contribution < 1.29 is 14.3 Å². The van der Waals surface area contributed by atoms with E-state index in [2.05, 4.69) is 26.5 Å². The Morgan fingerprint density at radius 2 is 1.75 bits per heavy atom. The summed E-state index contributed by atoms with van der Waals surface area (Å²) in [7, 11) is 0. The molecule has 142 valence electrons. The molecule has 0 aliphatic rings. The van der Waals surface area contributed by atoms with Gasteiger partial charge < -0.3 is 9.47 Å². The molecule has 1 amide bonds. The van der Waals surface area contributed by atoms with Crippen LogP contribution in [0.4, 0.5) is 0 Å². The summed E-state index contributed by atoms with van der Waals surface area (Å²) < 4.78 is 12.3. The van der Waals surface area contributed by atoms with Gasteiger partial charge in [-0.3, -0.25) is 4.79 Å². The van der Waals surface area contributed by atoms with Crippen molar-refractivity contribution in [3.63, 3.8) is 0 Å². The molecule has 0 saturated heterocycles. The highest BCUT2D eigenvalue weighted by Gasteiger charge is 2.04. The van der Waals surface area contributed by atoms with Gasteiger partial charge in [-0.05, 0) is 42.0 Å². The van der Waals surface area contributed by atoms with Crippen molar-refractivity contribution in [3.8, 4) is 11.5 Å². The molecule has 6 heteroatoms. The minimum absolute atomic E-state index is 0.109. The van der Waals surface area contributed by atoms with Gasteiger partial charge in [-0.15, -0.1) is 0 Å². The Kier molecular flexibility index (Phi) is 7.21. The first kappa shape index (κ1) is 19.6. The number of nitrogens with zero attached hydrogens (tertiary/aromatic N) is 1. The topological polar surface area (TPSA) is 59.9 Å². The number of hydrogen-bond donors (Lipinski definition) is 1. The number of benzene rings is 3. The van der Waals surface area contributed by atoms with Crippen molar-refractivity contribution in [1.29, 1.82) is 0 Å². The summed E-state index contributed by atoms with van der Waals surface area (Å²) in [4.78, 5) is 11.8. The smallest absolute Gasteiger partial charge is 0.277 e. The van der Waals surface area contributed by atoms with Crippen LogP contribution in [0.3, 0.4) is 0 Å². The molecule has 1 N–H and O–H groups in total. The van der Waals surface area contributed by atoms with Gasteiger partial charge in [0.2, 0.25) is 0 Å². The van der Waals surface area contributed by atoms with Gasteiger partial charge in [0.1, 0.15) is 18.1 Å². The minimum Gasteiger partial charge on any atom is -0.488 e. The maximum Gasteiger partial charge on any atom is 0.277 e. The molecule has 0 fully saturated rings. The fourth-order valence-corrected chi connectivity index (χ4v) is 2.82. The first-order valence-electron chi connectivity index (χ1n) is 8.67. The highest BCUT2D eigenvalue weighted by atomic mass is 79.9. The van der Waals surface area contributed by atoms with Gasteiger partial charge >= 0.3 is 0 Å². The molecule has 3 aromatic carbocycles. The van der Waals surface area contributed by atoms with E-state index in [9.17, 15) is 4.79 Å². The van der Waals surface area contributed by atoms with E-state index in [1.54, 1.807) is 18.3 Å². The third-order valence-corrected chi connectivity index (χ3v) is 4.20. The van der Waals surface area contributed by atoms with Gasteiger partial charge in [0.15, 0.2) is 6.61 Å². The van der Waals surface area contributed by atoms with Crippen LogP contribution in [0.1, 0.15) is 11.1 Å². The average Bonchev–Trinajstić information content (AvgIpc) is 2.72. The Morgan fingerprint density at radius 3 is 2.57 bits per heavy atom. The molecular weight excluding hydrogens is 420 g/mol. The van der Waals surface area contributed by atoms with Crippen LogP contribution in [0, 0.1) is 0 Å². The number of carbonyl (C=O) groups is 1. The van der Waals surface area contributed by atoms with Crippen molar-refractivity contribution in [2.24, 2.45) is 5.10 Å². The monoisotopic (exact) mass is 438 g/mol. The zero-order chi connectivity index (χ0) is 19.6. The summed E-state index contributed by atoms with van der Waals surface area (Å²) in [5, 5.41) is 3.99. The van der Waals surface area contributed by atoms with Crippen LogP contribution < -0.4 is 14.9 Å². The molecule has 0 bridgehead atoms. The Morgan fingerprint density at radius 1 is 0.964 bits per heavy atom. The van der Waals surface area contributed by atoms with Gasteiger partial charge in [0, 0.05) is 10.0 Å². The van der Waals surface area contributed by atoms with E-state index < -0.39 is 0 Å². The molecule has 0 aliphatic carbocycles. The fourth-order valence-electron chi connectivity index (χ4n) is 2.38. The lowest BCUT2D eigenvalue weighted by Crippen LogP contribution is -2.24. The molecule has 28 heavy (non-hydrogen) atoms. The van der Waals surface area contributed by atoms with Gasteiger partial charge in [-0.25, -0.2) is 5.43 Å². The van der Waals surface area contributed by atoms with Crippen LogP contribution in [0.5, 0.6) is 11.5 Å². The van der Waals surface area contributed by atoms with Gasteiger partial charge in [-0.1, -0.05) is 58.4 Å². The molecule has 0 heterocycles. The average molecular weight is 439 g/mol. The van der Waals surface area contributed by atoms with Crippen molar-refractivity contribution in [2.75, 3.05) is 6.61 Å². The molecule has 0 saturated carbocycles. The van der Waals surface area contributed by atoms with E-state index in [4.69, 9.17) is 9.47 Å². The maximum atomic E-state index is 11.8. The number of para-hydroxylation sites is 2. The zero-order valence-electron chi connectivity index (χ0n) is 15.0. The van der Waals surface area contributed by atoms with Crippen LogP contribution in [0.2, 0.25) is 0 Å². The minimum atomic E-state index is -0.340. The number of amides is 1. The molecular formula is C22H19BrN2O3. The Hall–Kier alpha value is -3.12. The van der Waals surface area contributed by atoms with E-state index in [-0.39, 0.29) is 12.5 Å². The number of carbonyl (C=O) groups excluding carboxylic acids is 1. The number of nitrogens with one attached hydrogen (secondary N) is 1. The second kappa shape index (κ2) is 10.3. The molecule has 0 aromatic heterocycles. The Labute approximate surface area is 172 Å². The number of rotatable bonds is 8. The normalized spacial score (nSPS) is 10.6. The van der Waals surface area contributed by atoms with Crippen molar-refractivity contribution >= 4 is 28.1 Å². The predicted molar refractivity (Wildman–Crippen MR) is 113 cm³/mol. The molecule has 0 radical (unpaired) electrons. The number of hydrogen-bond acceptors (Lipinski definition) is 4. The summed E-state index contributed by atoms with van der Waals surface area (Å²) in [5.41, 5.74) is 4.27. The quantitative estimate of drug-likeness (QED) is 0.414. The highest BCUT2D eigenvalue weighted by molar-refractivity contribution is 9.10. The maximum absolute atomic E-state index is 11.8. The van der Waals surface area contributed by atoms with Crippen LogP contribution in [0.25, 0.3) is 0 Å². The Balaban J connectivity index is 1.53. The van der Waals surface area contributed by atoms with Gasteiger partial charge in [0.05, 0.1) is 6.21 Å². The summed E-state index contributed by atoms with van der Waals surface area (Å²) in [6.07, 6.45) is 1.55. The first-order chi connectivity index (χ1) is 13.7. The molecule has 0 aliphatic heterocycles. The van der Waals surface area contributed by atoms with Gasteiger partial charge in [0.25, 0.3) is 5.91 Å². The van der Waals surface area contributed by atoms with Crippen LogP contribution >= 0.6 is 15.9 Å². The highest BCUT2D eigenvalue weighted by Crippen LogP contribution is 2.19. The number of ether oxygens (including phenoxy) is 2. The van der Waals surface area contributed by atoms with E-state index in [0.29, 0.717) is 18.1 Å². The second-order valence-corrected chi connectivity index (χ2v) is 6.77. The molecule has 3 rings (SSSR count). The summed E-state index contributed by atoms with van der Waals surface area (Å²) in [6, 6.07) is 24.6. The molecule has 0 unspecified atom stereocenters. The molecule has 5 nitrogen and oxygen atoms in total. The van der Waals surface area contributed by atoms with E-state index in [1.807, 2.05) is 66.7 Å². The van der Waals surface area contributed by atoms with E-state index in [1.165, 1.54) is 0 Å². The van der Waals surface area contributed by atoms with E-state index >= 15 is 0 Å². The predicted octanol–water partition coefficient (Wildman–Crippen LogP) is 4.56. The van der Waals surface area contributed by atoms with Gasteiger partial charge in [-0.2, -0.15) is 5.10 Å². The number of hydrazone groups is 1. The largest absolute Gasteiger partial charge is 0.488 e. The van der Waals surface area contributed by atoms with Crippen molar-refractivity contribution in [3.05, 3.63) is 94.5 Å².